The van der Waals surface area contributed by atoms with Crippen LogP contribution in [0.4, 0.5) is 11.4 Å². The molecule has 0 spiro atoms. The number of halogens is 1. The summed E-state index contributed by atoms with van der Waals surface area (Å²) in [5.41, 5.74) is 0.591. The van der Waals surface area contributed by atoms with E-state index in [1.165, 1.54) is 6.07 Å². The average Bonchev–Trinajstić information content (AvgIpc) is 2.44. The van der Waals surface area contributed by atoms with E-state index in [0.717, 1.165) is 30.4 Å². The third kappa shape index (κ3) is 4.43. The third-order valence-corrected chi connectivity index (χ3v) is 3.71. The Morgan fingerprint density at radius 2 is 2.20 bits per heavy atom. The van der Waals surface area contributed by atoms with Gasteiger partial charge in [-0.15, -0.1) is 0 Å². The van der Waals surface area contributed by atoms with Crippen molar-refractivity contribution in [2.45, 2.75) is 18.9 Å². The number of piperidine rings is 1. The first kappa shape index (κ1) is 15.2. The molecule has 1 aromatic rings. The zero-order valence-corrected chi connectivity index (χ0v) is 12.7. The minimum Gasteiger partial charge on any atom is -0.377 e. The minimum absolute atomic E-state index is 0.0788. The highest BCUT2D eigenvalue weighted by Gasteiger charge is 2.15. The fraction of sp³-hybridized carbons (Fsp3) is 0.538. The largest absolute Gasteiger partial charge is 0.377 e. The second-order valence-electron chi connectivity index (χ2n) is 4.67. The maximum Gasteiger partial charge on any atom is 0.292 e. The van der Waals surface area contributed by atoms with Crippen LogP contribution in [0.25, 0.3) is 0 Å². The Labute approximate surface area is 126 Å². The van der Waals surface area contributed by atoms with Gasteiger partial charge in [0, 0.05) is 17.1 Å². The van der Waals surface area contributed by atoms with Crippen molar-refractivity contribution in [1.29, 1.82) is 0 Å². The van der Waals surface area contributed by atoms with Crippen molar-refractivity contribution in [2.24, 2.45) is 0 Å². The Morgan fingerprint density at radius 1 is 1.45 bits per heavy atom. The second-order valence-corrected chi connectivity index (χ2v) is 5.58. The molecule has 0 saturated carbocycles. The molecule has 0 aliphatic carbocycles. The molecule has 1 fully saturated rings. The molecule has 1 aromatic carbocycles. The van der Waals surface area contributed by atoms with Gasteiger partial charge in [0.25, 0.3) is 5.69 Å². The maximum absolute atomic E-state index is 10.9. The van der Waals surface area contributed by atoms with Crippen molar-refractivity contribution in [2.75, 3.05) is 31.6 Å². The first-order chi connectivity index (χ1) is 9.66. The van der Waals surface area contributed by atoms with Crippen LogP contribution >= 0.6 is 15.9 Å². The molecule has 110 valence electrons. The molecule has 1 aliphatic rings. The maximum atomic E-state index is 10.9. The summed E-state index contributed by atoms with van der Waals surface area (Å²) in [6.07, 6.45) is 2.35. The Balaban J connectivity index is 1.81. The van der Waals surface area contributed by atoms with Crippen LogP contribution in [-0.4, -0.2) is 37.3 Å². The highest BCUT2D eigenvalue weighted by atomic mass is 79.9. The number of nitrogens with zero attached hydrogens (tertiary/aromatic N) is 1. The smallest absolute Gasteiger partial charge is 0.292 e. The van der Waals surface area contributed by atoms with E-state index >= 15 is 0 Å². The molecule has 0 atom stereocenters. The number of ether oxygens (including phenoxy) is 1. The van der Waals surface area contributed by atoms with Gasteiger partial charge in [0.2, 0.25) is 0 Å². The summed E-state index contributed by atoms with van der Waals surface area (Å²) < 4.78 is 6.56. The van der Waals surface area contributed by atoms with Crippen LogP contribution in [0.2, 0.25) is 0 Å². The first-order valence-corrected chi connectivity index (χ1v) is 7.46. The van der Waals surface area contributed by atoms with Gasteiger partial charge in [-0.25, -0.2) is 0 Å². The highest BCUT2D eigenvalue weighted by molar-refractivity contribution is 9.10. The van der Waals surface area contributed by atoms with Crippen molar-refractivity contribution in [3.63, 3.8) is 0 Å². The predicted molar refractivity (Wildman–Crippen MR) is 81.1 cm³/mol. The summed E-state index contributed by atoms with van der Waals surface area (Å²) in [4.78, 5) is 10.5. The number of benzene rings is 1. The van der Waals surface area contributed by atoms with Crippen LogP contribution in [0.5, 0.6) is 0 Å². The van der Waals surface area contributed by atoms with Crippen molar-refractivity contribution < 1.29 is 9.66 Å². The molecule has 0 radical (unpaired) electrons. The fourth-order valence-electron chi connectivity index (χ4n) is 2.18. The predicted octanol–water partition coefficient (Wildman–Crippen LogP) is 2.54. The zero-order valence-electron chi connectivity index (χ0n) is 11.1. The van der Waals surface area contributed by atoms with Crippen molar-refractivity contribution in [3.8, 4) is 0 Å². The van der Waals surface area contributed by atoms with Gasteiger partial charge >= 0.3 is 0 Å². The van der Waals surface area contributed by atoms with Gasteiger partial charge in [-0.3, -0.25) is 10.1 Å². The van der Waals surface area contributed by atoms with E-state index in [1.807, 2.05) is 0 Å². The molecular formula is C13H18BrN3O3. The van der Waals surface area contributed by atoms with Crippen molar-refractivity contribution in [1.82, 2.24) is 5.32 Å². The van der Waals surface area contributed by atoms with Gasteiger partial charge in [0.15, 0.2) is 0 Å². The quantitative estimate of drug-likeness (QED) is 0.471. The van der Waals surface area contributed by atoms with Crippen molar-refractivity contribution in [3.05, 3.63) is 32.8 Å². The van der Waals surface area contributed by atoms with E-state index in [2.05, 4.69) is 26.6 Å². The third-order valence-electron chi connectivity index (χ3n) is 3.21. The van der Waals surface area contributed by atoms with E-state index in [1.54, 1.807) is 12.1 Å². The molecule has 0 aromatic heterocycles. The van der Waals surface area contributed by atoms with Gasteiger partial charge in [-0.05, 0) is 38.1 Å². The van der Waals surface area contributed by atoms with E-state index in [0.29, 0.717) is 24.9 Å². The molecule has 0 unspecified atom stereocenters. The first-order valence-electron chi connectivity index (χ1n) is 6.67. The molecule has 7 heteroatoms. The molecule has 1 aliphatic heterocycles. The van der Waals surface area contributed by atoms with Gasteiger partial charge in [-0.1, -0.05) is 15.9 Å². The minimum atomic E-state index is -0.386. The lowest BCUT2D eigenvalue weighted by atomic mass is 10.1. The number of anilines is 1. The Bertz CT molecular complexity index is 464. The normalized spacial score (nSPS) is 16.1. The number of hydrogen-bond acceptors (Lipinski definition) is 5. The summed E-state index contributed by atoms with van der Waals surface area (Å²) in [6, 6.07) is 4.86. The number of rotatable bonds is 6. The number of nitro benzene ring substituents is 1. The Morgan fingerprint density at radius 3 is 2.90 bits per heavy atom. The van der Waals surface area contributed by atoms with Crippen molar-refractivity contribution >= 4 is 27.3 Å². The molecule has 1 saturated heterocycles. The number of nitrogens with one attached hydrogen (secondary N) is 2. The Hall–Kier alpha value is -1.18. The van der Waals surface area contributed by atoms with E-state index in [-0.39, 0.29) is 10.6 Å². The fourth-order valence-corrected chi connectivity index (χ4v) is 2.54. The average molecular weight is 344 g/mol. The van der Waals surface area contributed by atoms with E-state index in [9.17, 15) is 10.1 Å². The SMILES string of the molecule is O=[N+]([O-])c1ccc(Br)cc1NCCOC1CCNCC1. The molecule has 6 nitrogen and oxygen atoms in total. The standard InChI is InChI=1S/C13H18BrN3O3/c14-10-1-2-13(17(18)19)12(9-10)16-7-8-20-11-3-5-15-6-4-11/h1-2,9,11,15-16H,3-8H2. The lowest BCUT2D eigenvalue weighted by molar-refractivity contribution is -0.384. The van der Waals surface area contributed by atoms with Gasteiger partial charge in [-0.2, -0.15) is 0 Å². The van der Waals surface area contributed by atoms with Crippen LogP contribution in [0.15, 0.2) is 22.7 Å². The summed E-state index contributed by atoms with van der Waals surface area (Å²) in [5.74, 6) is 0. The monoisotopic (exact) mass is 343 g/mol. The van der Waals surface area contributed by atoms with Gasteiger partial charge in [0.1, 0.15) is 5.69 Å². The van der Waals surface area contributed by atoms with Gasteiger partial charge < -0.3 is 15.4 Å². The number of nitro groups is 1. The highest BCUT2D eigenvalue weighted by Crippen LogP contribution is 2.27. The van der Waals surface area contributed by atoms with Gasteiger partial charge in [0.05, 0.1) is 17.6 Å². The molecular weight excluding hydrogens is 326 g/mol. The summed E-state index contributed by atoms with van der Waals surface area (Å²) in [6.45, 7) is 3.10. The van der Waals surface area contributed by atoms with Crippen LogP contribution in [-0.2, 0) is 4.74 Å². The summed E-state index contributed by atoms with van der Waals surface area (Å²) in [7, 11) is 0. The molecule has 1 heterocycles. The van der Waals surface area contributed by atoms with Crippen LogP contribution in [0.1, 0.15) is 12.8 Å². The van der Waals surface area contributed by atoms with Crippen LogP contribution in [0.3, 0.4) is 0 Å². The summed E-state index contributed by atoms with van der Waals surface area (Å²) in [5, 5.41) is 17.3. The Kier molecular flexibility index (Phi) is 5.75. The summed E-state index contributed by atoms with van der Waals surface area (Å²) >= 11 is 3.32. The molecule has 20 heavy (non-hydrogen) atoms. The van der Waals surface area contributed by atoms with Crippen LogP contribution < -0.4 is 10.6 Å². The molecule has 2 rings (SSSR count). The second kappa shape index (κ2) is 7.56. The van der Waals surface area contributed by atoms with E-state index in [4.69, 9.17) is 4.74 Å². The lowest BCUT2D eigenvalue weighted by Crippen LogP contribution is -2.33. The molecule has 0 amide bonds. The molecule has 2 N–H and O–H groups in total. The topological polar surface area (TPSA) is 76.4 Å². The number of hydrogen-bond donors (Lipinski definition) is 2. The van der Waals surface area contributed by atoms with E-state index < -0.39 is 0 Å². The van der Waals surface area contributed by atoms with Crippen LogP contribution in [0, 0.1) is 10.1 Å². The molecule has 0 bridgehead atoms. The lowest BCUT2D eigenvalue weighted by Gasteiger charge is -2.23. The zero-order chi connectivity index (χ0) is 14.4.